The molecule has 1 aromatic rings. The van der Waals surface area contributed by atoms with Crippen molar-refractivity contribution in [3.8, 4) is 0 Å². The van der Waals surface area contributed by atoms with E-state index in [0.29, 0.717) is 13.0 Å². The highest BCUT2D eigenvalue weighted by Gasteiger charge is 2.66. The molecule has 132 valence electrons. The van der Waals surface area contributed by atoms with Gasteiger partial charge in [0.05, 0.1) is 12.5 Å². The lowest BCUT2D eigenvalue weighted by Crippen LogP contribution is -2.76. The largest absolute Gasteiger partial charge is 0.479 e. The molecule has 0 heterocycles. The van der Waals surface area contributed by atoms with Crippen molar-refractivity contribution >= 4 is 11.9 Å². The van der Waals surface area contributed by atoms with Gasteiger partial charge in [-0.15, -0.1) is 0 Å². The zero-order valence-corrected chi connectivity index (χ0v) is 14.9. The minimum Gasteiger partial charge on any atom is -0.479 e. The molecule has 1 aromatic carbocycles. The van der Waals surface area contributed by atoms with Gasteiger partial charge in [-0.05, 0) is 24.5 Å². The maximum atomic E-state index is 12.4. The molecule has 1 saturated carbocycles. The van der Waals surface area contributed by atoms with Gasteiger partial charge < -0.3 is 15.2 Å². The smallest absolute Gasteiger partial charge is 0.330 e. The Morgan fingerprint density at radius 3 is 2.25 bits per heavy atom. The molecule has 24 heavy (non-hydrogen) atoms. The van der Waals surface area contributed by atoms with Crippen molar-refractivity contribution in [1.29, 1.82) is 0 Å². The number of carbonyl (C=O) groups excluding carboxylic acids is 1. The van der Waals surface area contributed by atoms with Crippen LogP contribution in [0.25, 0.3) is 0 Å². The van der Waals surface area contributed by atoms with E-state index in [1.54, 1.807) is 0 Å². The molecule has 0 radical (unpaired) electrons. The van der Waals surface area contributed by atoms with Gasteiger partial charge in [-0.2, -0.15) is 0 Å². The Bertz CT molecular complexity index is 608. The molecule has 2 rings (SSSR count). The number of nitrogens with one attached hydrogen (secondary N) is 1. The van der Waals surface area contributed by atoms with Crippen LogP contribution in [-0.4, -0.2) is 35.2 Å². The standard InChI is InChI=1S/C19H27NO4/c1-5-13-7-9-14(10-8-13)11-16(21)20-19(17(22)23)12-15(24-6-2)18(19,3)4/h7-10,15H,5-6,11-12H2,1-4H3,(H,20,21)(H,22,23). The number of ether oxygens (including phenoxy) is 1. The molecule has 0 spiro atoms. The Morgan fingerprint density at radius 1 is 1.21 bits per heavy atom. The molecular weight excluding hydrogens is 306 g/mol. The number of hydrogen-bond donors (Lipinski definition) is 2. The van der Waals surface area contributed by atoms with Crippen LogP contribution in [0.1, 0.15) is 45.2 Å². The maximum absolute atomic E-state index is 12.4. The Labute approximate surface area is 143 Å². The summed E-state index contributed by atoms with van der Waals surface area (Å²) in [5, 5.41) is 12.5. The summed E-state index contributed by atoms with van der Waals surface area (Å²) in [6, 6.07) is 7.82. The molecule has 2 N–H and O–H groups in total. The van der Waals surface area contributed by atoms with Gasteiger partial charge in [-0.1, -0.05) is 45.0 Å². The van der Waals surface area contributed by atoms with E-state index >= 15 is 0 Å². The van der Waals surface area contributed by atoms with Crippen LogP contribution < -0.4 is 5.32 Å². The van der Waals surface area contributed by atoms with Gasteiger partial charge in [-0.25, -0.2) is 4.79 Å². The Hall–Kier alpha value is -1.88. The predicted molar refractivity (Wildman–Crippen MR) is 91.8 cm³/mol. The second kappa shape index (κ2) is 6.93. The lowest BCUT2D eigenvalue weighted by Gasteiger charge is -2.58. The molecule has 1 fully saturated rings. The van der Waals surface area contributed by atoms with Crippen LogP contribution in [0.2, 0.25) is 0 Å². The highest BCUT2D eigenvalue weighted by atomic mass is 16.5. The van der Waals surface area contributed by atoms with Gasteiger partial charge >= 0.3 is 5.97 Å². The summed E-state index contributed by atoms with van der Waals surface area (Å²) in [5.74, 6) is -1.28. The van der Waals surface area contributed by atoms with Crippen molar-refractivity contribution in [1.82, 2.24) is 5.32 Å². The highest BCUT2D eigenvalue weighted by molar-refractivity contribution is 5.90. The zero-order valence-electron chi connectivity index (χ0n) is 14.9. The van der Waals surface area contributed by atoms with Crippen molar-refractivity contribution in [3.63, 3.8) is 0 Å². The number of benzene rings is 1. The van der Waals surface area contributed by atoms with E-state index < -0.39 is 16.9 Å². The van der Waals surface area contributed by atoms with Crippen LogP contribution in [0.3, 0.4) is 0 Å². The number of amides is 1. The van der Waals surface area contributed by atoms with Crippen molar-refractivity contribution < 1.29 is 19.4 Å². The van der Waals surface area contributed by atoms with Crippen LogP contribution in [0.4, 0.5) is 0 Å². The average Bonchev–Trinajstić information content (AvgIpc) is 2.54. The molecule has 0 bridgehead atoms. The monoisotopic (exact) mass is 333 g/mol. The molecule has 0 aromatic heterocycles. The van der Waals surface area contributed by atoms with E-state index in [2.05, 4.69) is 12.2 Å². The molecular formula is C19H27NO4. The third kappa shape index (κ3) is 3.18. The first-order valence-electron chi connectivity index (χ1n) is 8.50. The van der Waals surface area contributed by atoms with E-state index in [1.165, 1.54) is 5.56 Å². The minimum atomic E-state index is -1.27. The molecule has 2 unspecified atom stereocenters. The first kappa shape index (κ1) is 18.5. The summed E-state index contributed by atoms with van der Waals surface area (Å²) >= 11 is 0. The van der Waals surface area contributed by atoms with E-state index in [-0.39, 0.29) is 18.4 Å². The summed E-state index contributed by atoms with van der Waals surface area (Å²) in [7, 11) is 0. The average molecular weight is 333 g/mol. The van der Waals surface area contributed by atoms with Crippen molar-refractivity contribution in [2.45, 2.75) is 58.6 Å². The normalized spacial score (nSPS) is 24.9. The molecule has 5 heteroatoms. The number of carboxylic acid groups (broad SMARTS) is 1. The quantitative estimate of drug-likeness (QED) is 0.804. The van der Waals surface area contributed by atoms with Gasteiger partial charge in [0, 0.05) is 18.4 Å². The number of carboxylic acids is 1. The van der Waals surface area contributed by atoms with E-state index in [1.807, 2.05) is 45.0 Å². The summed E-state index contributed by atoms with van der Waals surface area (Å²) in [5.41, 5.74) is 0.161. The Morgan fingerprint density at radius 2 is 1.79 bits per heavy atom. The molecule has 5 nitrogen and oxygen atoms in total. The number of carbonyl (C=O) groups is 2. The van der Waals surface area contributed by atoms with Gasteiger partial charge in [0.15, 0.2) is 0 Å². The SMILES string of the molecule is CCOC1CC(NC(=O)Cc2ccc(CC)cc2)(C(=O)O)C1(C)C. The maximum Gasteiger partial charge on any atom is 0.330 e. The molecule has 2 atom stereocenters. The van der Waals surface area contributed by atoms with Crippen LogP contribution in [0.15, 0.2) is 24.3 Å². The summed E-state index contributed by atoms with van der Waals surface area (Å²) in [6.07, 6.45) is 1.25. The predicted octanol–water partition coefficient (Wildman–Crippen LogP) is 2.57. The lowest BCUT2D eigenvalue weighted by molar-refractivity contribution is -0.194. The fourth-order valence-electron chi connectivity index (χ4n) is 3.40. The minimum absolute atomic E-state index is 0.164. The summed E-state index contributed by atoms with van der Waals surface area (Å²) in [4.78, 5) is 24.3. The van der Waals surface area contributed by atoms with Gasteiger partial charge in [0.25, 0.3) is 0 Å². The molecule has 1 aliphatic carbocycles. The van der Waals surface area contributed by atoms with Gasteiger partial charge in [0.1, 0.15) is 5.54 Å². The number of hydrogen-bond acceptors (Lipinski definition) is 3. The highest BCUT2D eigenvalue weighted by Crippen LogP contribution is 2.51. The van der Waals surface area contributed by atoms with E-state index in [9.17, 15) is 14.7 Å². The van der Waals surface area contributed by atoms with Crippen molar-refractivity contribution in [2.24, 2.45) is 5.41 Å². The number of aryl methyl sites for hydroxylation is 1. The number of aliphatic carboxylic acids is 1. The Kier molecular flexibility index (Phi) is 5.33. The van der Waals surface area contributed by atoms with Crippen LogP contribution in [0, 0.1) is 5.41 Å². The summed E-state index contributed by atoms with van der Waals surface area (Å²) in [6.45, 7) is 8.16. The topological polar surface area (TPSA) is 75.6 Å². The number of rotatable bonds is 7. The molecule has 1 aliphatic rings. The second-order valence-corrected chi connectivity index (χ2v) is 6.98. The first-order valence-corrected chi connectivity index (χ1v) is 8.50. The fourth-order valence-corrected chi connectivity index (χ4v) is 3.40. The molecule has 0 saturated heterocycles. The molecule has 0 aliphatic heterocycles. The fraction of sp³-hybridized carbons (Fsp3) is 0.579. The first-order chi connectivity index (χ1) is 11.3. The van der Waals surface area contributed by atoms with Crippen LogP contribution in [-0.2, 0) is 27.2 Å². The second-order valence-electron chi connectivity index (χ2n) is 6.98. The van der Waals surface area contributed by atoms with E-state index in [0.717, 1.165) is 12.0 Å². The lowest BCUT2D eigenvalue weighted by atomic mass is 9.54. The van der Waals surface area contributed by atoms with Crippen molar-refractivity contribution in [3.05, 3.63) is 35.4 Å². The van der Waals surface area contributed by atoms with Crippen molar-refractivity contribution in [2.75, 3.05) is 6.61 Å². The third-order valence-electron chi connectivity index (χ3n) is 5.28. The Balaban J connectivity index is 2.08. The zero-order chi connectivity index (χ0) is 18.0. The summed E-state index contributed by atoms with van der Waals surface area (Å²) < 4.78 is 5.61. The van der Waals surface area contributed by atoms with Crippen LogP contribution >= 0.6 is 0 Å². The van der Waals surface area contributed by atoms with Crippen LogP contribution in [0.5, 0.6) is 0 Å². The molecule has 1 amide bonds. The van der Waals surface area contributed by atoms with Gasteiger partial charge in [-0.3, -0.25) is 4.79 Å². The van der Waals surface area contributed by atoms with E-state index in [4.69, 9.17) is 4.74 Å². The third-order valence-corrected chi connectivity index (χ3v) is 5.28. The van der Waals surface area contributed by atoms with Gasteiger partial charge in [0.2, 0.25) is 5.91 Å².